The van der Waals surface area contributed by atoms with E-state index in [1.807, 2.05) is 24.3 Å². The third kappa shape index (κ3) is 5.19. The lowest BCUT2D eigenvalue weighted by Crippen LogP contribution is -2.35. The molecule has 3 aromatic carbocycles. The van der Waals surface area contributed by atoms with Crippen LogP contribution >= 0.6 is 12.4 Å². The van der Waals surface area contributed by atoms with Crippen molar-refractivity contribution in [3.63, 3.8) is 0 Å². The second-order valence-corrected chi connectivity index (χ2v) is 10.5. The topological polar surface area (TPSA) is 98.1 Å². The molecule has 10 heteroatoms. The average molecular weight is 584 g/mol. The monoisotopic (exact) mass is 583 g/mol. The van der Waals surface area contributed by atoms with Crippen LogP contribution in [-0.4, -0.2) is 26.6 Å². The van der Waals surface area contributed by atoms with Crippen molar-refractivity contribution >= 4 is 46.5 Å². The number of aromatic nitrogens is 3. The van der Waals surface area contributed by atoms with Crippen molar-refractivity contribution in [2.24, 2.45) is 5.41 Å². The van der Waals surface area contributed by atoms with E-state index in [9.17, 15) is 14.0 Å². The van der Waals surface area contributed by atoms with E-state index in [4.69, 9.17) is 9.84 Å². The minimum absolute atomic E-state index is 0. The smallest absolute Gasteiger partial charge is 0.240 e. The van der Waals surface area contributed by atoms with Crippen LogP contribution in [0.2, 0.25) is 0 Å². The van der Waals surface area contributed by atoms with E-state index in [1.165, 1.54) is 30.0 Å². The molecular weight excluding hydrogens is 557 g/mol. The van der Waals surface area contributed by atoms with Gasteiger partial charge in [-0.05, 0) is 98.5 Å². The van der Waals surface area contributed by atoms with Gasteiger partial charge in [-0.2, -0.15) is 5.10 Å². The molecule has 0 atom stereocenters. The van der Waals surface area contributed by atoms with E-state index < -0.39 is 17.1 Å². The van der Waals surface area contributed by atoms with Crippen molar-refractivity contribution in [2.75, 3.05) is 10.6 Å². The zero-order valence-corrected chi connectivity index (χ0v) is 23.3. The van der Waals surface area contributed by atoms with Crippen molar-refractivity contribution in [1.82, 2.24) is 14.8 Å². The molecule has 2 aliphatic rings. The molecule has 7 rings (SSSR count). The molecule has 1 fully saturated rings. The van der Waals surface area contributed by atoms with Gasteiger partial charge in [0.2, 0.25) is 11.8 Å². The summed E-state index contributed by atoms with van der Waals surface area (Å²) in [4.78, 5) is 30.4. The van der Waals surface area contributed by atoms with Gasteiger partial charge in [0.25, 0.3) is 0 Å². The van der Waals surface area contributed by atoms with Crippen LogP contribution < -0.4 is 15.4 Å². The highest BCUT2D eigenvalue weighted by atomic mass is 35.5. The van der Waals surface area contributed by atoms with Gasteiger partial charge in [0.05, 0.1) is 11.2 Å². The maximum Gasteiger partial charge on any atom is 0.240 e. The number of nitrogens with one attached hydrogen (secondary N) is 2. The molecule has 0 bridgehead atoms. The van der Waals surface area contributed by atoms with Gasteiger partial charge in [-0.15, -0.1) is 12.4 Å². The van der Waals surface area contributed by atoms with E-state index in [0.717, 1.165) is 41.5 Å². The molecule has 5 aromatic rings. The number of ether oxygens (including phenoxy) is 1. The number of carbonyl (C=O) groups excluding carboxylic acids is 2. The molecule has 2 aromatic heterocycles. The van der Waals surface area contributed by atoms with Crippen molar-refractivity contribution in [3.05, 3.63) is 96.6 Å². The summed E-state index contributed by atoms with van der Waals surface area (Å²) in [5, 5.41) is 11.2. The van der Waals surface area contributed by atoms with Crippen molar-refractivity contribution in [3.8, 4) is 22.8 Å². The Morgan fingerprint density at radius 3 is 2.24 bits per heavy atom. The first kappa shape index (κ1) is 27.4. The molecule has 0 spiro atoms. The number of nitrogens with zero attached hydrogens (tertiary/aromatic N) is 3. The van der Waals surface area contributed by atoms with Gasteiger partial charge in [-0.1, -0.05) is 6.07 Å². The minimum atomic E-state index is -1.13. The number of rotatable bonds is 7. The number of halogens is 2. The number of amides is 2. The Labute approximate surface area is 247 Å². The number of pyridine rings is 1. The van der Waals surface area contributed by atoms with E-state index in [-0.39, 0.29) is 18.3 Å². The first-order valence-corrected chi connectivity index (χ1v) is 13.6. The Morgan fingerprint density at radius 1 is 0.881 bits per heavy atom. The molecule has 8 nitrogen and oxygen atoms in total. The number of benzene rings is 3. The summed E-state index contributed by atoms with van der Waals surface area (Å²) in [5.41, 5.74) is 3.92. The summed E-state index contributed by atoms with van der Waals surface area (Å²) in [6.45, 7) is 0.968. The largest absolute Gasteiger partial charge is 0.457 e. The van der Waals surface area contributed by atoms with Crippen LogP contribution in [0.4, 0.5) is 15.8 Å². The van der Waals surface area contributed by atoms with Crippen LogP contribution in [0.3, 0.4) is 0 Å². The SMILES string of the molecule is Cl.O=C(Nc1ccc(F)cc1)C1(C(=O)Nc2ccc(Oc3ccnc4cc(-c5cc6n(n5)CCC6)ccc34)cc2)CC1. The zero-order valence-electron chi connectivity index (χ0n) is 22.5. The Morgan fingerprint density at radius 2 is 1.57 bits per heavy atom. The Kier molecular flexibility index (Phi) is 7.12. The van der Waals surface area contributed by atoms with Crippen LogP contribution in [-0.2, 0) is 22.6 Å². The molecule has 0 saturated heterocycles. The number of hydrogen-bond donors (Lipinski definition) is 2. The van der Waals surface area contributed by atoms with Gasteiger partial charge in [-0.3, -0.25) is 19.3 Å². The van der Waals surface area contributed by atoms with Gasteiger partial charge >= 0.3 is 0 Å². The first-order chi connectivity index (χ1) is 20.0. The van der Waals surface area contributed by atoms with E-state index in [1.54, 1.807) is 30.5 Å². The standard InChI is InChI=1S/C32H26FN5O3.ClH/c33-21-4-6-22(7-5-21)35-30(39)32(14-15-32)31(40)36-23-8-10-25(11-9-23)41-29-13-16-34-28-18-20(3-12-26(28)29)27-19-24-2-1-17-38(24)37-27;/h3-13,16,18-19H,1-2,14-15,17H2,(H,35,39)(H,36,40);1H. The second-order valence-electron chi connectivity index (χ2n) is 10.5. The number of fused-ring (bicyclic) bond motifs is 2. The molecule has 1 aliphatic carbocycles. The number of aryl methyl sites for hydroxylation is 2. The van der Waals surface area contributed by atoms with Crippen LogP contribution in [0, 0.1) is 11.2 Å². The predicted octanol–water partition coefficient (Wildman–Crippen LogP) is 6.76. The van der Waals surface area contributed by atoms with Gasteiger partial charge in [0.1, 0.15) is 22.7 Å². The van der Waals surface area contributed by atoms with Gasteiger partial charge in [0, 0.05) is 40.8 Å². The predicted molar refractivity (Wildman–Crippen MR) is 160 cm³/mol. The minimum Gasteiger partial charge on any atom is -0.457 e. The first-order valence-electron chi connectivity index (χ1n) is 13.6. The van der Waals surface area contributed by atoms with Crippen LogP contribution in [0.15, 0.2) is 85.1 Å². The molecule has 2 N–H and O–H groups in total. The average Bonchev–Trinajstić information content (AvgIpc) is 3.53. The summed E-state index contributed by atoms with van der Waals surface area (Å²) >= 11 is 0. The van der Waals surface area contributed by atoms with Crippen molar-refractivity contribution in [1.29, 1.82) is 0 Å². The summed E-state index contributed by atoms with van der Waals surface area (Å²) < 4.78 is 21.4. The van der Waals surface area contributed by atoms with E-state index in [2.05, 4.69) is 26.4 Å². The zero-order chi connectivity index (χ0) is 28.0. The summed E-state index contributed by atoms with van der Waals surface area (Å²) in [6.07, 6.45) is 4.83. The summed E-state index contributed by atoms with van der Waals surface area (Å²) in [6, 6.07) is 22.5. The van der Waals surface area contributed by atoms with Crippen molar-refractivity contribution in [2.45, 2.75) is 32.2 Å². The van der Waals surface area contributed by atoms with Gasteiger partial charge in [-0.25, -0.2) is 4.39 Å². The number of anilines is 2. The number of hydrogen-bond acceptors (Lipinski definition) is 5. The maximum absolute atomic E-state index is 13.2. The van der Waals surface area contributed by atoms with Crippen LogP contribution in [0.25, 0.3) is 22.2 Å². The lowest BCUT2D eigenvalue weighted by Gasteiger charge is -2.16. The van der Waals surface area contributed by atoms with Gasteiger partial charge in [0.15, 0.2) is 0 Å². The fourth-order valence-corrected chi connectivity index (χ4v) is 5.22. The summed E-state index contributed by atoms with van der Waals surface area (Å²) in [5.74, 6) is 0.102. The fourth-order valence-electron chi connectivity index (χ4n) is 5.22. The third-order valence-corrected chi connectivity index (χ3v) is 7.73. The highest BCUT2D eigenvalue weighted by Gasteiger charge is 2.56. The lowest BCUT2D eigenvalue weighted by atomic mass is 10.0. The van der Waals surface area contributed by atoms with Gasteiger partial charge < -0.3 is 15.4 Å². The van der Waals surface area contributed by atoms with E-state index in [0.29, 0.717) is 35.7 Å². The fraction of sp³-hybridized carbons (Fsp3) is 0.188. The number of carbonyl (C=O) groups is 2. The third-order valence-electron chi connectivity index (χ3n) is 7.73. The quantitative estimate of drug-likeness (QED) is 0.206. The molecular formula is C32H27ClFN5O3. The molecule has 42 heavy (non-hydrogen) atoms. The second kappa shape index (κ2) is 10.9. The Balaban J connectivity index is 0.00000316. The molecule has 0 unspecified atom stereocenters. The van der Waals surface area contributed by atoms with Crippen molar-refractivity contribution < 1.29 is 18.7 Å². The maximum atomic E-state index is 13.2. The molecule has 1 aliphatic heterocycles. The Bertz CT molecular complexity index is 1780. The highest BCUT2D eigenvalue weighted by Crippen LogP contribution is 2.47. The lowest BCUT2D eigenvalue weighted by molar-refractivity contribution is -0.131. The molecule has 3 heterocycles. The van der Waals surface area contributed by atoms with Crippen LogP contribution in [0.5, 0.6) is 11.5 Å². The van der Waals surface area contributed by atoms with E-state index >= 15 is 0 Å². The molecule has 2 amide bonds. The highest BCUT2D eigenvalue weighted by molar-refractivity contribution is 6.16. The molecule has 0 radical (unpaired) electrons. The Hall–Kier alpha value is -4.76. The summed E-state index contributed by atoms with van der Waals surface area (Å²) in [7, 11) is 0. The molecule has 212 valence electrons. The molecule has 1 saturated carbocycles. The normalized spacial score (nSPS) is 14.5. The van der Waals surface area contributed by atoms with Crippen LogP contribution in [0.1, 0.15) is 25.0 Å².